The molecule has 0 radical (unpaired) electrons. The molecular formula is C28H38N8O6. The summed E-state index contributed by atoms with van der Waals surface area (Å²) >= 11 is 0. The van der Waals surface area contributed by atoms with Crippen LogP contribution in [0.15, 0.2) is 43.0 Å². The summed E-state index contributed by atoms with van der Waals surface area (Å²) < 4.78 is 0. The number of nitrogens with two attached hydrogens (primary N) is 2. The number of hydrogen-bond acceptors (Lipinski definition) is 7. The zero-order valence-corrected chi connectivity index (χ0v) is 23.6. The van der Waals surface area contributed by atoms with Gasteiger partial charge in [0.05, 0.1) is 12.4 Å². The Morgan fingerprint density at radius 3 is 2.24 bits per heavy atom. The molecule has 0 spiro atoms. The van der Waals surface area contributed by atoms with E-state index in [1.54, 1.807) is 6.20 Å². The highest BCUT2D eigenvalue weighted by Crippen LogP contribution is 2.19. The van der Waals surface area contributed by atoms with Crippen molar-refractivity contribution in [2.24, 2.45) is 17.4 Å². The highest BCUT2D eigenvalue weighted by Gasteiger charge is 2.31. The Balaban J connectivity index is 1.77. The fourth-order valence-electron chi connectivity index (χ4n) is 4.54. The van der Waals surface area contributed by atoms with Gasteiger partial charge in [0.25, 0.3) is 0 Å². The van der Waals surface area contributed by atoms with E-state index >= 15 is 0 Å². The molecule has 4 amide bonds. The zero-order valence-electron chi connectivity index (χ0n) is 23.6. The number of rotatable bonds is 16. The highest BCUT2D eigenvalue weighted by atomic mass is 16.4. The second-order valence-corrected chi connectivity index (χ2v) is 10.6. The van der Waals surface area contributed by atoms with Crippen molar-refractivity contribution >= 4 is 40.5 Å². The van der Waals surface area contributed by atoms with E-state index in [2.05, 4.69) is 30.9 Å². The molecule has 3 aromatic rings. The number of hydrogen-bond donors (Lipinski definition) is 8. The van der Waals surface area contributed by atoms with Gasteiger partial charge in [0.1, 0.15) is 18.1 Å². The van der Waals surface area contributed by atoms with Gasteiger partial charge in [0.2, 0.25) is 23.6 Å². The normalized spacial score (nSPS) is 14.1. The van der Waals surface area contributed by atoms with Crippen LogP contribution in [0, 0.1) is 5.92 Å². The van der Waals surface area contributed by atoms with E-state index in [0.29, 0.717) is 17.7 Å². The summed E-state index contributed by atoms with van der Waals surface area (Å²) in [5.41, 5.74) is 13.3. The number of amides is 4. The van der Waals surface area contributed by atoms with Crippen LogP contribution in [-0.4, -0.2) is 73.8 Å². The first-order valence-electron chi connectivity index (χ1n) is 13.6. The predicted molar refractivity (Wildman–Crippen MR) is 154 cm³/mol. The second-order valence-electron chi connectivity index (χ2n) is 10.6. The van der Waals surface area contributed by atoms with Gasteiger partial charge in [-0.1, -0.05) is 32.0 Å². The van der Waals surface area contributed by atoms with E-state index in [-0.39, 0.29) is 31.6 Å². The number of aromatic amines is 2. The summed E-state index contributed by atoms with van der Waals surface area (Å²) in [6.45, 7) is 3.82. The lowest BCUT2D eigenvalue weighted by molar-refractivity contribution is -0.142. The van der Waals surface area contributed by atoms with Crippen LogP contribution in [0.3, 0.4) is 0 Å². The van der Waals surface area contributed by atoms with Crippen LogP contribution in [0.25, 0.3) is 10.9 Å². The average Bonchev–Trinajstić information content (AvgIpc) is 3.59. The molecule has 0 saturated heterocycles. The molecule has 2 heterocycles. The first-order chi connectivity index (χ1) is 19.9. The van der Waals surface area contributed by atoms with Crippen LogP contribution in [0.4, 0.5) is 0 Å². The Bertz CT molecular complexity index is 1390. The number of carboxylic acids is 1. The SMILES string of the molecule is CC(C)CC(N)C(=O)NC(Cc1cnc[nH]1)C(=O)NC(CCC(N)=O)C(=O)NC(Cc1c[nH]c2ccccc12)C(=O)O. The van der Waals surface area contributed by atoms with Crippen molar-refractivity contribution in [2.75, 3.05) is 0 Å². The minimum absolute atomic E-state index is 0.00838. The van der Waals surface area contributed by atoms with Crippen LogP contribution in [0.2, 0.25) is 0 Å². The average molecular weight is 583 g/mol. The maximum absolute atomic E-state index is 13.4. The fourth-order valence-corrected chi connectivity index (χ4v) is 4.54. The van der Waals surface area contributed by atoms with E-state index in [9.17, 15) is 29.1 Å². The Morgan fingerprint density at radius 2 is 1.60 bits per heavy atom. The van der Waals surface area contributed by atoms with Crippen molar-refractivity contribution in [3.8, 4) is 0 Å². The van der Waals surface area contributed by atoms with Crippen LogP contribution >= 0.6 is 0 Å². The number of benzene rings is 1. The van der Waals surface area contributed by atoms with Crippen molar-refractivity contribution in [3.05, 3.63) is 54.2 Å². The third kappa shape index (κ3) is 9.16. The van der Waals surface area contributed by atoms with Crippen LogP contribution in [0.1, 0.15) is 44.4 Å². The molecule has 0 aliphatic carbocycles. The number of aromatic nitrogens is 3. The lowest BCUT2D eigenvalue weighted by atomic mass is 10.0. The number of nitrogens with one attached hydrogen (secondary N) is 5. The van der Waals surface area contributed by atoms with E-state index in [4.69, 9.17) is 11.5 Å². The molecule has 0 aliphatic rings. The number of imidazole rings is 1. The van der Waals surface area contributed by atoms with E-state index in [1.165, 1.54) is 12.5 Å². The molecule has 4 unspecified atom stereocenters. The molecule has 4 atom stereocenters. The monoisotopic (exact) mass is 582 g/mol. The van der Waals surface area contributed by atoms with Gasteiger partial charge >= 0.3 is 5.97 Å². The smallest absolute Gasteiger partial charge is 0.326 e. The van der Waals surface area contributed by atoms with E-state index in [1.807, 2.05) is 38.1 Å². The van der Waals surface area contributed by atoms with E-state index in [0.717, 1.165) is 10.9 Å². The molecule has 10 N–H and O–H groups in total. The number of nitrogens with zero attached hydrogens (tertiary/aromatic N) is 1. The van der Waals surface area contributed by atoms with Gasteiger partial charge in [0, 0.05) is 48.3 Å². The van der Waals surface area contributed by atoms with E-state index < -0.39 is 53.8 Å². The molecule has 0 fully saturated rings. The summed E-state index contributed by atoms with van der Waals surface area (Å²) in [6, 6.07) is 2.66. The molecular weight excluding hydrogens is 544 g/mol. The quantitative estimate of drug-likeness (QED) is 0.113. The molecule has 14 heteroatoms. The molecule has 14 nitrogen and oxygen atoms in total. The highest BCUT2D eigenvalue weighted by molar-refractivity contribution is 5.94. The van der Waals surface area contributed by atoms with Crippen molar-refractivity contribution in [1.29, 1.82) is 0 Å². The Kier molecular flexibility index (Phi) is 11.2. The summed E-state index contributed by atoms with van der Waals surface area (Å²) in [5.74, 6) is -3.96. The minimum Gasteiger partial charge on any atom is -0.480 e. The van der Waals surface area contributed by atoms with Crippen molar-refractivity contribution in [2.45, 2.75) is 70.1 Å². The standard InChI is InChI=1S/C28H38N8O6/c1-15(2)9-19(29)25(38)35-22(11-17-13-31-14-33-17)27(40)34-21(7-8-24(30)37)26(39)36-23(28(41)42)10-16-12-32-20-6-4-3-5-18(16)20/h3-6,12-15,19,21-23,32H,7-11,29H2,1-2H3,(H2,30,37)(H,31,33)(H,34,40)(H,35,38)(H,36,39)(H,41,42). The summed E-state index contributed by atoms with van der Waals surface area (Å²) in [4.78, 5) is 73.0. The molecule has 42 heavy (non-hydrogen) atoms. The third-order valence-corrected chi connectivity index (χ3v) is 6.70. The second kappa shape index (κ2) is 14.8. The number of H-pyrrole nitrogens is 2. The van der Waals surface area contributed by atoms with Gasteiger partial charge in [-0.05, 0) is 30.4 Å². The number of carboxylic acid groups (broad SMARTS) is 1. The molecule has 0 saturated carbocycles. The van der Waals surface area contributed by atoms with Gasteiger partial charge in [-0.15, -0.1) is 0 Å². The van der Waals surface area contributed by atoms with Gasteiger partial charge in [-0.3, -0.25) is 19.2 Å². The number of fused-ring (bicyclic) bond motifs is 1. The number of primary amides is 1. The Labute approximate surface area is 242 Å². The van der Waals surface area contributed by atoms with Gasteiger partial charge in [-0.2, -0.15) is 0 Å². The number of para-hydroxylation sites is 1. The van der Waals surface area contributed by atoms with Crippen LogP contribution in [0.5, 0.6) is 0 Å². The molecule has 0 aliphatic heterocycles. The van der Waals surface area contributed by atoms with Crippen LogP contribution in [-0.2, 0) is 36.8 Å². The fraction of sp³-hybridized carbons (Fsp3) is 0.429. The number of carbonyl (C=O) groups is 5. The molecule has 0 bridgehead atoms. The van der Waals surface area contributed by atoms with Gasteiger partial charge in [0.15, 0.2) is 0 Å². The Morgan fingerprint density at radius 1 is 0.929 bits per heavy atom. The maximum Gasteiger partial charge on any atom is 0.326 e. The lowest BCUT2D eigenvalue weighted by Gasteiger charge is -2.25. The minimum atomic E-state index is -1.33. The first kappa shape index (κ1) is 31.8. The number of carbonyl (C=O) groups excluding carboxylic acids is 4. The summed E-state index contributed by atoms with van der Waals surface area (Å²) in [5, 5.41) is 18.3. The summed E-state index contributed by atoms with van der Waals surface area (Å²) in [7, 11) is 0. The Hall–Kier alpha value is -4.72. The first-order valence-corrected chi connectivity index (χ1v) is 13.6. The lowest BCUT2D eigenvalue weighted by Crippen LogP contribution is -2.58. The van der Waals surface area contributed by atoms with Crippen molar-refractivity contribution in [1.82, 2.24) is 30.9 Å². The zero-order chi connectivity index (χ0) is 30.8. The largest absolute Gasteiger partial charge is 0.480 e. The molecule has 226 valence electrons. The maximum atomic E-state index is 13.4. The third-order valence-electron chi connectivity index (χ3n) is 6.70. The van der Waals surface area contributed by atoms with Crippen molar-refractivity contribution < 1.29 is 29.1 Å². The number of aliphatic carboxylic acids is 1. The van der Waals surface area contributed by atoms with Gasteiger partial charge in [-0.25, -0.2) is 9.78 Å². The molecule has 2 aromatic heterocycles. The topological polar surface area (TPSA) is 238 Å². The summed E-state index contributed by atoms with van der Waals surface area (Å²) in [6.07, 6.45) is 4.49. The van der Waals surface area contributed by atoms with Gasteiger partial charge < -0.3 is 42.5 Å². The van der Waals surface area contributed by atoms with Crippen LogP contribution < -0.4 is 27.4 Å². The molecule has 3 rings (SSSR count). The van der Waals surface area contributed by atoms with Crippen molar-refractivity contribution in [3.63, 3.8) is 0 Å². The molecule has 1 aromatic carbocycles. The predicted octanol–water partition coefficient (Wildman–Crippen LogP) is -0.146.